The van der Waals surface area contributed by atoms with Crippen LogP contribution in [0.25, 0.3) is 6.08 Å². The fourth-order valence-corrected chi connectivity index (χ4v) is 3.73. The molecule has 0 saturated carbocycles. The zero-order valence-electron chi connectivity index (χ0n) is 16.3. The van der Waals surface area contributed by atoms with E-state index in [1.165, 1.54) is 18.2 Å². The average Bonchev–Trinajstić information content (AvgIpc) is 3.20. The fourth-order valence-electron chi connectivity index (χ4n) is 2.49. The van der Waals surface area contributed by atoms with Crippen LogP contribution in [0.2, 0.25) is 0 Å². The van der Waals surface area contributed by atoms with Gasteiger partial charge < -0.3 is 14.9 Å². The third kappa shape index (κ3) is 6.19. The average molecular weight is 504 g/mol. The Morgan fingerprint density at radius 1 is 1.19 bits per heavy atom. The van der Waals surface area contributed by atoms with Gasteiger partial charge in [-0.05, 0) is 69.2 Å². The van der Waals surface area contributed by atoms with Crippen LogP contribution >= 0.6 is 27.7 Å². The molecule has 0 unspecified atom stereocenters. The van der Waals surface area contributed by atoms with Gasteiger partial charge in [0.25, 0.3) is 0 Å². The predicted molar refractivity (Wildman–Crippen MR) is 119 cm³/mol. The molecule has 1 aromatic heterocycles. The third-order valence-electron chi connectivity index (χ3n) is 4.11. The first-order chi connectivity index (χ1) is 14.9. The first-order valence-corrected chi connectivity index (χ1v) is 10.8. The number of hydrogen-bond donors (Lipinski definition) is 3. The van der Waals surface area contributed by atoms with Gasteiger partial charge in [0.2, 0.25) is 5.16 Å². The number of benzene rings is 2. The van der Waals surface area contributed by atoms with E-state index in [0.717, 1.165) is 17.3 Å². The number of carbonyl (C=O) groups is 2. The minimum atomic E-state index is -1.07. The number of nitrogens with zero attached hydrogens (tertiary/aromatic N) is 2. The van der Waals surface area contributed by atoms with Gasteiger partial charge in [-0.1, -0.05) is 25.1 Å². The van der Waals surface area contributed by atoms with Crippen LogP contribution in [0.15, 0.2) is 57.0 Å². The number of aryl methyl sites for hydroxylation is 1. The number of nitrogens with one attached hydrogen (secondary N) is 1. The highest BCUT2D eigenvalue weighted by Crippen LogP contribution is 2.30. The molecule has 10 heteroatoms. The largest absolute Gasteiger partial charge is 0.488 e. The van der Waals surface area contributed by atoms with Crippen molar-refractivity contribution in [2.24, 2.45) is 0 Å². The Labute approximate surface area is 190 Å². The molecule has 31 heavy (non-hydrogen) atoms. The van der Waals surface area contributed by atoms with Crippen LogP contribution in [0, 0.1) is 0 Å². The van der Waals surface area contributed by atoms with Crippen LogP contribution in [-0.2, 0) is 17.8 Å². The predicted octanol–water partition coefficient (Wildman–Crippen LogP) is 4.62. The van der Waals surface area contributed by atoms with E-state index < -0.39 is 11.9 Å². The SMILES string of the molecule is CCc1nc(S/C(=C\c2ccc(OCc3ccc(C(=O)O)cc3)c(Br)c2)C(=O)O)n[nH]1. The number of aromatic nitrogens is 3. The zero-order chi connectivity index (χ0) is 22.4. The van der Waals surface area contributed by atoms with E-state index in [0.29, 0.717) is 33.2 Å². The van der Waals surface area contributed by atoms with Crippen molar-refractivity contribution in [1.29, 1.82) is 0 Å². The normalized spacial score (nSPS) is 11.4. The number of carboxylic acids is 2. The highest BCUT2D eigenvalue weighted by atomic mass is 79.9. The molecule has 3 rings (SSSR count). The number of halogens is 1. The Bertz CT molecular complexity index is 1130. The number of ether oxygens (including phenoxy) is 1. The van der Waals surface area contributed by atoms with E-state index in [4.69, 9.17) is 9.84 Å². The van der Waals surface area contributed by atoms with Crippen molar-refractivity contribution in [3.8, 4) is 5.75 Å². The number of rotatable bonds is 9. The van der Waals surface area contributed by atoms with E-state index in [1.54, 1.807) is 30.3 Å². The minimum absolute atomic E-state index is 0.0840. The van der Waals surface area contributed by atoms with Crippen molar-refractivity contribution < 1.29 is 24.5 Å². The first-order valence-electron chi connectivity index (χ1n) is 9.14. The summed E-state index contributed by atoms with van der Waals surface area (Å²) in [6.45, 7) is 2.18. The molecule has 0 saturated heterocycles. The minimum Gasteiger partial charge on any atom is -0.488 e. The Hall–Kier alpha value is -3.11. The van der Waals surface area contributed by atoms with Gasteiger partial charge in [0, 0.05) is 6.42 Å². The van der Waals surface area contributed by atoms with Gasteiger partial charge in [0.05, 0.1) is 10.0 Å². The molecule has 0 amide bonds. The Kier molecular flexibility index (Phi) is 7.48. The first kappa shape index (κ1) is 22.6. The lowest BCUT2D eigenvalue weighted by molar-refractivity contribution is -0.131. The summed E-state index contributed by atoms with van der Waals surface area (Å²) in [6.07, 6.45) is 2.21. The highest BCUT2D eigenvalue weighted by Gasteiger charge is 2.14. The molecule has 2 aromatic carbocycles. The summed E-state index contributed by atoms with van der Waals surface area (Å²) in [4.78, 5) is 26.9. The van der Waals surface area contributed by atoms with Crippen LogP contribution in [-0.4, -0.2) is 37.3 Å². The maximum Gasteiger partial charge on any atom is 0.342 e. The fraction of sp³-hybridized carbons (Fsp3) is 0.143. The molecule has 0 aliphatic rings. The number of aromatic carboxylic acids is 1. The zero-order valence-corrected chi connectivity index (χ0v) is 18.7. The van der Waals surface area contributed by atoms with Crippen LogP contribution < -0.4 is 4.74 Å². The molecule has 8 nitrogen and oxygen atoms in total. The van der Waals surface area contributed by atoms with Gasteiger partial charge in [-0.3, -0.25) is 5.10 Å². The number of carboxylic acid groups (broad SMARTS) is 2. The molecule has 0 bridgehead atoms. The Morgan fingerprint density at radius 3 is 2.52 bits per heavy atom. The molecule has 0 fully saturated rings. The van der Waals surface area contributed by atoms with Gasteiger partial charge >= 0.3 is 11.9 Å². The van der Waals surface area contributed by atoms with Crippen molar-refractivity contribution in [3.63, 3.8) is 0 Å². The van der Waals surface area contributed by atoms with E-state index >= 15 is 0 Å². The van der Waals surface area contributed by atoms with E-state index in [1.807, 2.05) is 6.92 Å². The van der Waals surface area contributed by atoms with Gasteiger partial charge in [0.15, 0.2) is 0 Å². The third-order valence-corrected chi connectivity index (χ3v) is 5.60. The van der Waals surface area contributed by atoms with Crippen molar-refractivity contribution >= 4 is 45.7 Å². The Morgan fingerprint density at radius 2 is 1.94 bits per heavy atom. The van der Waals surface area contributed by atoms with Gasteiger partial charge in [0.1, 0.15) is 23.1 Å². The second-order valence-corrected chi connectivity index (χ2v) is 8.18. The summed E-state index contributed by atoms with van der Waals surface area (Å²) in [5.41, 5.74) is 1.70. The molecule has 0 atom stereocenters. The van der Waals surface area contributed by atoms with E-state index in [9.17, 15) is 14.7 Å². The summed E-state index contributed by atoms with van der Waals surface area (Å²) >= 11 is 4.41. The lowest BCUT2D eigenvalue weighted by Crippen LogP contribution is -1.99. The van der Waals surface area contributed by atoms with Crippen LogP contribution in [0.3, 0.4) is 0 Å². The van der Waals surface area contributed by atoms with E-state index in [2.05, 4.69) is 31.1 Å². The second-order valence-electron chi connectivity index (χ2n) is 6.31. The summed E-state index contributed by atoms with van der Waals surface area (Å²) in [6, 6.07) is 11.7. The number of aliphatic carboxylic acids is 1. The maximum absolute atomic E-state index is 11.6. The number of thioether (sulfide) groups is 1. The molecule has 3 aromatic rings. The topological polar surface area (TPSA) is 125 Å². The smallest absolute Gasteiger partial charge is 0.342 e. The maximum atomic E-state index is 11.6. The lowest BCUT2D eigenvalue weighted by atomic mass is 10.1. The molecule has 3 N–H and O–H groups in total. The molecule has 0 aliphatic heterocycles. The molecular formula is C21H18BrN3O5S. The van der Waals surface area contributed by atoms with Crippen molar-refractivity contribution in [2.45, 2.75) is 25.1 Å². The molecule has 1 heterocycles. The second kappa shape index (κ2) is 10.3. The van der Waals surface area contributed by atoms with Crippen LogP contribution in [0.1, 0.15) is 34.2 Å². The summed E-state index contributed by atoms with van der Waals surface area (Å²) in [5, 5.41) is 25.6. The van der Waals surface area contributed by atoms with Gasteiger partial charge in [-0.15, -0.1) is 5.10 Å². The standard InChI is InChI=1S/C21H18BrN3O5S/c1-2-18-23-21(25-24-18)31-17(20(28)29)10-13-5-8-16(15(22)9-13)30-11-12-3-6-14(7-4-12)19(26)27/h3-10H,2,11H2,1H3,(H,26,27)(H,28,29)(H,23,24,25)/b17-10-. The Balaban J connectivity index is 1.70. The highest BCUT2D eigenvalue weighted by molar-refractivity contribution is 9.10. The lowest BCUT2D eigenvalue weighted by Gasteiger charge is -2.09. The van der Waals surface area contributed by atoms with Crippen molar-refractivity contribution in [1.82, 2.24) is 15.2 Å². The molecule has 0 radical (unpaired) electrons. The molecule has 160 valence electrons. The van der Waals surface area contributed by atoms with Crippen molar-refractivity contribution in [2.75, 3.05) is 0 Å². The summed E-state index contributed by atoms with van der Waals surface area (Å²) < 4.78 is 6.44. The van der Waals surface area contributed by atoms with Gasteiger partial charge in [-0.2, -0.15) is 0 Å². The number of H-pyrrole nitrogens is 1. The number of aromatic amines is 1. The van der Waals surface area contributed by atoms with Crippen LogP contribution in [0.4, 0.5) is 0 Å². The number of hydrogen-bond acceptors (Lipinski definition) is 6. The summed E-state index contributed by atoms with van der Waals surface area (Å²) in [5.74, 6) is -0.791. The molecule has 0 aliphatic carbocycles. The monoisotopic (exact) mass is 503 g/mol. The van der Waals surface area contributed by atoms with Crippen LogP contribution in [0.5, 0.6) is 5.75 Å². The molecular weight excluding hydrogens is 486 g/mol. The van der Waals surface area contributed by atoms with E-state index in [-0.39, 0.29) is 17.1 Å². The van der Waals surface area contributed by atoms with Gasteiger partial charge in [-0.25, -0.2) is 14.6 Å². The molecule has 0 spiro atoms. The van der Waals surface area contributed by atoms with Crippen molar-refractivity contribution in [3.05, 3.63) is 74.4 Å². The quantitative estimate of drug-likeness (QED) is 0.285. The summed E-state index contributed by atoms with van der Waals surface area (Å²) in [7, 11) is 0.